The Labute approximate surface area is 132 Å². The number of aryl methyl sites for hydroxylation is 1. The molecular formula is C15H17N3O5. The number of carbonyl (C=O) groups is 3. The molecule has 0 spiro atoms. The minimum atomic E-state index is -0.818. The van der Waals surface area contributed by atoms with Gasteiger partial charge in [0.2, 0.25) is 5.78 Å². The zero-order valence-corrected chi connectivity index (χ0v) is 13.3. The van der Waals surface area contributed by atoms with Crippen LogP contribution in [0, 0.1) is 25.2 Å². The summed E-state index contributed by atoms with van der Waals surface area (Å²) in [4.78, 5) is 38.2. The van der Waals surface area contributed by atoms with Crippen molar-refractivity contribution in [3.05, 3.63) is 33.8 Å². The Morgan fingerprint density at radius 2 is 1.87 bits per heavy atom. The van der Waals surface area contributed by atoms with Crippen molar-refractivity contribution in [3.63, 3.8) is 0 Å². The van der Waals surface area contributed by atoms with Crippen molar-refractivity contribution >= 4 is 17.7 Å². The van der Waals surface area contributed by atoms with E-state index in [1.54, 1.807) is 19.9 Å². The number of hydrogen-bond donors (Lipinski definition) is 2. The Bertz CT molecular complexity index is 733. The summed E-state index contributed by atoms with van der Waals surface area (Å²) in [6.45, 7) is 3.94. The largest absolute Gasteiger partial charge is 0.465 e. The number of ether oxygens (including phenoxy) is 2. The van der Waals surface area contributed by atoms with Crippen molar-refractivity contribution in [2.24, 2.45) is 5.73 Å². The molecule has 0 amide bonds. The number of allylic oxidation sites excluding steroid dienone is 1. The Morgan fingerprint density at radius 3 is 2.35 bits per heavy atom. The molecule has 3 N–H and O–H groups in total. The molecule has 0 aliphatic heterocycles. The lowest BCUT2D eigenvalue weighted by atomic mass is 10.1. The molecule has 0 fully saturated rings. The first kappa shape index (κ1) is 18.0. The fourth-order valence-corrected chi connectivity index (χ4v) is 2.01. The minimum absolute atomic E-state index is 0.0441. The Balaban J connectivity index is 2.93. The fraction of sp³-hybridized carbons (Fsp3) is 0.333. The van der Waals surface area contributed by atoms with Gasteiger partial charge in [0.05, 0.1) is 12.7 Å². The van der Waals surface area contributed by atoms with Crippen LogP contribution in [-0.4, -0.2) is 36.4 Å². The van der Waals surface area contributed by atoms with Gasteiger partial charge in [-0.05, 0) is 26.3 Å². The Kier molecular flexibility index (Phi) is 5.68. The fourth-order valence-electron chi connectivity index (χ4n) is 2.01. The summed E-state index contributed by atoms with van der Waals surface area (Å²) in [5.74, 6) is -2.10. The van der Waals surface area contributed by atoms with Crippen LogP contribution in [-0.2, 0) is 14.3 Å². The average Bonchev–Trinajstić information content (AvgIpc) is 2.79. The minimum Gasteiger partial charge on any atom is -0.465 e. The van der Waals surface area contributed by atoms with Crippen molar-refractivity contribution in [2.45, 2.75) is 20.8 Å². The molecule has 0 aliphatic rings. The van der Waals surface area contributed by atoms with E-state index < -0.39 is 24.3 Å². The van der Waals surface area contributed by atoms with Gasteiger partial charge >= 0.3 is 11.9 Å². The van der Waals surface area contributed by atoms with Crippen LogP contribution in [0.15, 0.2) is 11.3 Å². The van der Waals surface area contributed by atoms with Gasteiger partial charge in [0.15, 0.2) is 6.61 Å². The van der Waals surface area contributed by atoms with E-state index >= 15 is 0 Å². The second-order valence-corrected chi connectivity index (χ2v) is 4.79. The van der Waals surface area contributed by atoms with E-state index in [0.29, 0.717) is 11.3 Å². The molecule has 1 aromatic heterocycles. The number of hydrogen-bond acceptors (Lipinski definition) is 7. The molecule has 0 unspecified atom stereocenters. The first-order valence-electron chi connectivity index (χ1n) is 6.58. The number of carbonyl (C=O) groups excluding carboxylic acids is 3. The smallest absolute Gasteiger partial charge is 0.355 e. The van der Waals surface area contributed by atoms with Crippen molar-refractivity contribution < 1.29 is 23.9 Å². The van der Waals surface area contributed by atoms with Crippen LogP contribution in [0.2, 0.25) is 0 Å². The van der Waals surface area contributed by atoms with Crippen molar-refractivity contribution in [1.29, 1.82) is 5.26 Å². The van der Waals surface area contributed by atoms with Crippen LogP contribution in [0.1, 0.15) is 39.0 Å². The molecule has 0 aromatic carbocycles. The average molecular weight is 319 g/mol. The number of esters is 2. The van der Waals surface area contributed by atoms with E-state index in [1.165, 1.54) is 14.0 Å². The molecular weight excluding hydrogens is 302 g/mol. The van der Waals surface area contributed by atoms with E-state index in [4.69, 9.17) is 15.7 Å². The summed E-state index contributed by atoms with van der Waals surface area (Å²) in [6, 6.07) is 1.66. The van der Waals surface area contributed by atoms with Crippen molar-refractivity contribution in [2.75, 3.05) is 13.7 Å². The number of nitrogens with two attached hydrogens (primary N) is 1. The first-order valence-corrected chi connectivity index (χ1v) is 6.58. The summed E-state index contributed by atoms with van der Waals surface area (Å²) < 4.78 is 9.51. The molecule has 8 heteroatoms. The predicted molar refractivity (Wildman–Crippen MR) is 79.4 cm³/mol. The summed E-state index contributed by atoms with van der Waals surface area (Å²) >= 11 is 0. The van der Waals surface area contributed by atoms with E-state index in [-0.39, 0.29) is 22.5 Å². The molecule has 8 nitrogen and oxygen atoms in total. The third kappa shape index (κ3) is 3.77. The quantitative estimate of drug-likeness (QED) is 0.467. The lowest BCUT2D eigenvalue weighted by molar-refractivity contribution is -0.118. The van der Waals surface area contributed by atoms with Gasteiger partial charge in [-0.15, -0.1) is 0 Å². The lowest BCUT2D eigenvalue weighted by Crippen LogP contribution is -2.18. The van der Waals surface area contributed by atoms with Gasteiger partial charge in [0.25, 0.3) is 0 Å². The number of aromatic nitrogens is 1. The summed E-state index contributed by atoms with van der Waals surface area (Å²) in [6.07, 6.45) is 0. The highest BCUT2D eigenvalue weighted by Gasteiger charge is 2.24. The topological polar surface area (TPSA) is 135 Å². The lowest BCUT2D eigenvalue weighted by Gasteiger charge is -2.04. The first-order chi connectivity index (χ1) is 10.7. The van der Waals surface area contributed by atoms with Gasteiger partial charge in [-0.25, -0.2) is 9.59 Å². The van der Waals surface area contributed by atoms with Crippen molar-refractivity contribution in [3.8, 4) is 6.07 Å². The van der Waals surface area contributed by atoms with Crippen LogP contribution in [0.25, 0.3) is 0 Å². The molecule has 23 heavy (non-hydrogen) atoms. The summed E-state index contributed by atoms with van der Waals surface area (Å²) in [5.41, 5.74) is 6.28. The van der Waals surface area contributed by atoms with Crippen LogP contribution in [0.3, 0.4) is 0 Å². The maximum absolute atomic E-state index is 12.0. The molecule has 1 heterocycles. The second kappa shape index (κ2) is 7.26. The van der Waals surface area contributed by atoms with E-state index in [0.717, 1.165) is 0 Å². The highest BCUT2D eigenvalue weighted by molar-refractivity contribution is 6.03. The normalized spacial score (nSPS) is 11.3. The molecule has 122 valence electrons. The molecule has 0 saturated heterocycles. The number of nitrogens with one attached hydrogen (secondary N) is 1. The predicted octanol–water partition coefficient (Wildman–Crippen LogP) is 0.900. The van der Waals surface area contributed by atoms with Crippen LogP contribution >= 0.6 is 0 Å². The molecule has 0 radical (unpaired) electrons. The SMILES string of the molecule is COC(=O)c1c(C)[nH]c(C(=O)OCC(=O)/C(C#N)=C(/C)N)c1C. The molecule has 1 rings (SSSR count). The third-order valence-electron chi connectivity index (χ3n) is 3.15. The molecule has 0 bridgehead atoms. The number of H-pyrrole nitrogens is 1. The van der Waals surface area contributed by atoms with Gasteiger partial charge in [-0.3, -0.25) is 4.79 Å². The van der Waals surface area contributed by atoms with E-state index in [9.17, 15) is 14.4 Å². The molecule has 0 aliphatic carbocycles. The van der Waals surface area contributed by atoms with E-state index in [1.807, 2.05) is 0 Å². The molecule has 1 aromatic rings. The van der Waals surface area contributed by atoms with Gasteiger partial charge in [0, 0.05) is 11.4 Å². The third-order valence-corrected chi connectivity index (χ3v) is 3.15. The highest BCUT2D eigenvalue weighted by atomic mass is 16.5. The maximum atomic E-state index is 12.0. The van der Waals surface area contributed by atoms with Crippen LogP contribution in [0.5, 0.6) is 0 Å². The van der Waals surface area contributed by atoms with Gasteiger partial charge in [0.1, 0.15) is 17.3 Å². The molecule has 0 saturated carbocycles. The highest BCUT2D eigenvalue weighted by Crippen LogP contribution is 2.19. The number of aromatic amines is 1. The number of Topliss-reactive ketones (excluding diaryl/α,β-unsaturated/α-hetero) is 1. The second-order valence-electron chi connectivity index (χ2n) is 4.79. The van der Waals surface area contributed by atoms with Gasteiger partial charge in [-0.1, -0.05) is 0 Å². The number of nitriles is 1. The Hall–Kier alpha value is -3.08. The van der Waals surface area contributed by atoms with Gasteiger partial charge < -0.3 is 20.2 Å². The van der Waals surface area contributed by atoms with Gasteiger partial charge in [-0.2, -0.15) is 5.26 Å². The molecule has 0 atom stereocenters. The van der Waals surface area contributed by atoms with Crippen LogP contribution < -0.4 is 5.73 Å². The number of nitrogens with zero attached hydrogens (tertiary/aromatic N) is 1. The number of methoxy groups -OCH3 is 1. The summed E-state index contributed by atoms with van der Waals surface area (Å²) in [7, 11) is 1.23. The van der Waals surface area contributed by atoms with Crippen LogP contribution in [0.4, 0.5) is 0 Å². The number of rotatable bonds is 5. The monoisotopic (exact) mass is 319 g/mol. The number of ketones is 1. The zero-order chi connectivity index (χ0) is 17.7. The van der Waals surface area contributed by atoms with Crippen molar-refractivity contribution in [1.82, 2.24) is 4.98 Å². The maximum Gasteiger partial charge on any atom is 0.355 e. The van der Waals surface area contributed by atoms with E-state index in [2.05, 4.69) is 9.72 Å². The standard InChI is InChI=1S/C15H17N3O5/c1-7-12(14(20)22-4)9(3)18-13(7)15(21)23-6-11(19)10(5-16)8(2)17/h18H,6,17H2,1-4H3/b10-8-. The zero-order valence-electron chi connectivity index (χ0n) is 13.3. The Morgan fingerprint density at radius 1 is 1.26 bits per heavy atom. The summed E-state index contributed by atoms with van der Waals surface area (Å²) in [5, 5.41) is 8.81.